The Bertz CT molecular complexity index is 956. The molecule has 0 aliphatic carbocycles. The predicted molar refractivity (Wildman–Crippen MR) is 108 cm³/mol. The number of benzene rings is 2. The molecule has 1 N–H and O–H groups in total. The van der Waals surface area contributed by atoms with E-state index in [0.29, 0.717) is 11.4 Å². The molecule has 2 aromatic carbocycles. The number of aromatic nitrogens is 2. The lowest BCUT2D eigenvalue weighted by atomic mass is 10.1. The smallest absolute Gasteiger partial charge is 0.163 e. The molecule has 134 valence electrons. The van der Waals surface area contributed by atoms with Gasteiger partial charge < -0.3 is 10.2 Å². The van der Waals surface area contributed by atoms with Crippen LogP contribution in [0.5, 0.6) is 0 Å². The molecule has 0 bridgehead atoms. The van der Waals surface area contributed by atoms with Gasteiger partial charge in [0, 0.05) is 30.4 Å². The summed E-state index contributed by atoms with van der Waals surface area (Å²) in [5.74, 6) is 2.39. The summed E-state index contributed by atoms with van der Waals surface area (Å²) in [6, 6.07) is 21.6. The lowest BCUT2D eigenvalue weighted by molar-refractivity contribution is 0.573. The molecule has 0 radical (unpaired) electrons. The van der Waals surface area contributed by atoms with Crippen LogP contribution in [0, 0.1) is 11.3 Å². The average Bonchev–Trinajstić information content (AvgIpc) is 2.75. The van der Waals surface area contributed by atoms with Gasteiger partial charge in [-0.3, -0.25) is 0 Å². The van der Waals surface area contributed by atoms with Gasteiger partial charge in [-0.25, -0.2) is 9.97 Å². The van der Waals surface area contributed by atoms with Gasteiger partial charge in [-0.05, 0) is 37.5 Å². The van der Waals surface area contributed by atoms with Crippen molar-refractivity contribution in [2.45, 2.75) is 19.3 Å². The van der Waals surface area contributed by atoms with E-state index in [1.54, 1.807) is 6.07 Å². The van der Waals surface area contributed by atoms with Crippen LogP contribution < -0.4 is 10.2 Å². The van der Waals surface area contributed by atoms with Crippen LogP contribution in [0.1, 0.15) is 24.8 Å². The van der Waals surface area contributed by atoms with E-state index in [2.05, 4.69) is 16.3 Å². The molecule has 0 unspecified atom stereocenters. The fourth-order valence-electron chi connectivity index (χ4n) is 3.31. The normalized spacial score (nSPS) is 13.8. The monoisotopic (exact) mass is 355 g/mol. The second kappa shape index (κ2) is 7.88. The van der Waals surface area contributed by atoms with Gasteiger partial charge in [0.15, 0.2) is 5.82 Å². The molecule has 27 heavy (non-hydrogen) atoms. The van der Waals surface area contributed by atoms with E-state index < -0.39 is 0 Å². The van der Waals surface area contributed by atoms with Gasteiger partial charge >= 0.3 is 0 Å². The lowest BCUT2D eigenvalue weighted by Crippen LogP contribution is -2.30. The number of nitriles is 1. The van der Waals surface area contributed by atoms with Crippen LogP contribution in [0.25, 0.3) is 11.4 Å². The summed E-state index contributed by atoms with van der Waals surface area (Å²) in [4.78, 5) is 11.9. The Kier molecular flexibility index (Phi) is 4.97. The van der Waals surface area contributed by atoms with E-state index in [4.69, 9.17) is 15.2 Å². The van der Waals surface area contributed by atoms with Crippen LogP contribution in [0.4, 0.5) is 17.3 Å². The maximum Gasteiger partial charge on any atom is 0.163 e. The number of hydrogen-bond donors (Lipinski definition) is 1. The number of hydrogen-bond acceptors (Lipinski definition) is 5. The van der Waals surface area contributed by atoms with Crippen LogP contribution in [0.15, 0.2) is 60.7 Å². The summed E-state index contributed by atoms with van der Waals surface area (Å²) < 4.78 is 0. The van der Waals surface area contributed by atoms with E-state index in [9.17, 15) is 0 Å². The standard InChI is InChI=1S/C22H21N5/c23-16-17-8-7-11-19(14-17)24-20-15-21(27-12-5-2-6-13-27)26-22(25-20)18-9-3-1-4-10-18/h1,3-4,7-11,14-15H,2,5-6,12-13H2,(H,24,25,26). The second-order valence-electron chi connectivity index (χ2n) is 6.67. The quantitative estimate of drug-likeness (QED) is 0.732. The van der Waals surface area contributed by atoms with Crippen molar-refractivity contribution in [2.24, 2.45) is 0 Å². The summed E-state index contributed by atoms with van der Waals surface area (Å²) in [5.41, 5.74) is 2.45. The minimum atomic E-state index is 0.619. The van der Waals surface area contributed by atoms with Gasteiger partial charge in [0.25, 0.3) is 0 Å². The van der Waals surface area contributed by atoms with Crippen LogP contribution in [-0.4, -0.2) is 23.1 Å². The van der Waals surface area contributed by atoms with E-state index in [1.165, 1.54) is 19.3 Å². The molecular formula is C22H21N5. The van der Waals surface area contributed by atoms with Gasteiger partial charge in [0.2, 0.25) is 0 Å². The van der Waals surface area contributed by atoms with Gasteiger partial charge in [-0.1, -0.05) is 36.4 Å². The molecule has 1 aliphatic heterocycles. The molecule has 1 fully saturated rings. The predicted octanol–water partition coefficient (Wildman–Crippen LogP) is 4.75. The Morgan fingerprint density at radius 1 is 0.889 bits per heavy atom. The zero-order valence-electron chi connectivity index (χ0n) is 15.1. The molecule has 0 saturated carbocycles. The molecule has 5 nitrogen and oxygen atoms in total. The summed E-state index contributed by atoms with van der Waals surface area (Å²) in [6.07, 6.45) is 3.66. The third-order valence-electron chi connectivity index (χ3n) is 4.69. The molecule has 4 rings (SSSR count). The Labute approximate surface area is 159 Å². The Balaban J connectivity index is 1.72. The van der Waals surface area contributed by atoms with E-state index in [0.717, 1.165) is 36.0 Å². The van der Waals surface area contributed by atoms with Gasteiger partial charge in [-0.15, -0.1) is 0 Å². The first-order chi connectivity index (χ1) is 13.3. The van der Waals surface area contributed by atoms with Gasteiger partial charge in [0.05, 0.1) is 11.6 Å². The summed E-state index contributed by atoms with van der Waals surface area (Å²) in [6.45, 7) is 2.04. The summed E-state index contributed by atoms with van der Waals surface area (Å²) >= 11 is 0. The Hall–Kier alpha value is -3.39. The molecule has 0 atom stereocenters. The first-order valence-electron chi connectivity index (χ1n) is 9.28. The Morgan fingerprint density at radius 2 is 1.70 bits per heavy atom. The number of nitrogens with one attached hydrogen (secondary N) is 1. The molecule has 1 aromatic heterocycles. The van der Waals surface area contributed by atoms with Gasteiger partial charge in [-0.2, -0.15) is 5.26 Å². The largest absolute Gasteiger partial charge is 0.356 e. The number of rotatable bonds is 4. The Morgan fingerprint density at radius 3 is 2.48 bits per heavy atom. The minimum Gasteiger partial charge on any atom is -0.356 e. The van der Waals surface area contributed by atoms with Crippen LogP contribution in [-0.2, 0) is 0 Å². The molecule has 3 aromatic rings. The maximum absolute atomic E-state index is 9.13. The first kappa shape index (κ1) is 17.0. The van der Waals surface area contributed by atoms with E-state index >= 15 is 0 Å². The molecule has 2 heterocycles. The molecule has 1 saturated heterocycles. The summed E-state index contributed by atoms with van der Waals surface area (Å²) in [7, 11) is 0. The highest BCUT2D eigenvalue weighted by molar-refractivity contribution is 5.66. The van der Waals surface area contributed by atoms with Crippen molar-refractivity contribution in [2.75, 3.05) is 23.3 Å². The van der Waals surface area contributed by atoms with E-state index in [-0.39, 0.29) is 0 Å². The molecule has 1 aliphatic rings. The maximum atomic E-state index is 9.13. The first-order valence-corrected chi connectivity index (χ1v) is 9.28. The van der Waals surface area contributed by atoms with Crippen molar-refractivity contribution in [3.05, 3.63) is 66.2 Å². The molecule has 0 spiro atoms. The van der Waals surface area contributed by atoms with E-state index in [1.807, 2.05) is 54.6 Å². The third kappa shape index (κ3) is 4.06. The zero-order chi connectivity index (χ0) is 18.5. The highest BCUT2D eigenvalue weighted by Gasteiger charge is 2.15. The SMILES string of the molecule is N#Cc1cccc(Nc2cc(N3CCCCC3)nc(-c3ccccc3)n2)c1. The second-order valence-corrected chi connectivity index (χ2v) is 6.67. The van der Waals surface area contributed by atoms with Crippen molar-refractivity contribution in [1.29, 1.82) is 5.26 Å². The molecule has 0 amide bonds. The lowest BCUT2D eigenvalue weighted by Gasteiger charge is -2.28. The highest BCUT2D eigenvalue weighted by Crippen LogP contribution is 2.26. The van der Waals surface area contributed by atoms with Crippen LogP contribution in [0.2, 0.25) is 0 Å². The zero-order valence-corrected chi connectivity index (χ0v) is 15.1. The van der Waals surface area contributed by atoms with Crippen molar-refractivity contribution < 1.29 is 0 Å². The number of piperidine rings is 1. The minimum absolute atomic E-state index is 0.619. The van der Waals surface area contributed by atoms with Crippen molar-refractivity contribution in [1.82, 2.24) is 9.97 Å². The van der Waals surface area contributed by atoms with Crippen molar-refractivity contribution in [3.8, 4) is 17.5 Å². The van der Waals surface area contributed by atoms with Gasteiger partial charge in [0.1, 0.15) is 11.6 Å². The molecule has 5 heteroatoms. The fraction of sp³-hybridized carbons (Fsp3) is 0.227. The number of anilines is 3. The highest BCUT2D eigenvalue weighted by atomic mass is 15.2. The fourth-order valence-corrected chi connectivity index (χ4v) is 3.31. The topological polar surface area (TPSA) is 64.8 Å². The van der Waals surface area contributed by atoms with Crippen molar-refractivity contribution in [3.63, 3.8) is 0 Å². The number of nitrogens with zero attached hydrogens (tertiary/aromatic N) is 4. The third-order valence-corrected chi connectivity index (χ3v) is 4.69. The van der Waals surface area contributed by atoms with Crippen LogP contribution >= 0.6 is 0 Å². The van der Waals surface area contributed by atoms with Crippen molar-refractivity contribution >= 4 is 17.3 Å². The molecular weight excluding hydrogens is 334 g/mol. The van der Waals surface area contributed by atoms with Crippen LogP contribution in [0.3, 0.4) is 0 Å². The average molecular weight is 355 g/mol. The summed E-state index contributed by atoms with van der Waals surface area (Å²) in [5, 5.41) is 12.5.